The summed E-state index contributed by atoms with van der Waals surface area (Å²) in [4.78, 5) is 23.2. The summed E-state index contributed by atoms with van der Waals surface area (Å²) in [5.74, 6) is -0.263. The third-order valence-corrected chi connectivity index (χ3v) is 2.88. The summed E-state index contributed by atoms with van der Waals surface area (Å²) in [5.41, 5.74) is 5.81. The fourth-order valence-electron chi connectivity index (χ4n) is 1.55. The van der Waals surface area contributed by atoms with Crippen LogP contribution in [-0.4, -0.2) is 23.5 Å². The zero-order valence-corrected chi connectivity index (χ0v) is 13.1. The molecule has 0 radical (unpaired) electrons. The summed E-state index contributed by atoms with van der Waals surface area (Å²) < 4.78 is 10.2. The van der Waals surface area contributed by atoms with Gasteiger partial charge in [0.05, 0.1) is 6.26 Å². The molecule has 1 aromatic heterocycles. The van der Waals surface area contributed by atoms with Crippen LogP contribution >= 0.6 is 12.2 Å². The first kappa shape index (κ1) is 16.5. The Balaban J connectivity index is 1.68. The van der Waals surface area contributed by atoms with E-state index in [0.29, 0.717) is 5.75 Å². The van der Waals surface area contributed by atoms with E-state index < -0.39 is 11.8 Å². The molecule has 0 atom stereocenters. The second-order valence-electron chi connectivity index (χ2n) is 4.54. The summed E-state index contributed by atoms with van der Waals surface area (Å²) in [5, 5.41) is 2.29. The number of carbonyl (C=O) groups excluding carboxylic acids is 2. The van der Waals surface area contributed by atoms with Gasteiger partial charge in [0.2, 0.25) is 0 Å². The SMILES string of the molecule is Cc1ccc(OCC(=O)NNC(=S)NC(=O)c2ccco2)cc1. The standard InChI is InChI=1S/C15H15N3O4S/c1-10-4-6-11(7-5-10)22-9-13(19)17-18-15(23)16-14(20)12-3-2-8-21-12/h2-8H,9H2,1H3,(H,17,19)(H2,16,18,20,23). The summed E-state index contributed by atoms with van der Waals surface area (Å²) in [6.45, 7) is 1.77. The molecule has 120 valence electrons. The topological polar surface area (TPSA) is 92.6 Å². The number of furan rings is 1. The van der Waals surface area contributed by atoms with Crippen LogP contribution < -0.4 is 20.9 Å². The minimum absolute atomic E-state index is 0.0601. The van der Waals surface area contributed by atoms with Crippen LogP contribution in [0.25, 0.3) is 0 Å². The van der Waals surface area contributed by atoms with Gasteiger partial charge in [-0.05, 0) is 43.4 Å². The maximum absolute atomic E-state index is 11.6. The van der Waals surface area contributed by atoms with E-state index in [9.17, 15) is 9.59 Å². The number of aryl methyl sites for hydroxylation is 1. The van der Waals surface area contributed by atoms with Crippen molar-refractivity contribution in [2.45, 2.75) is 6.92 Å². The molecule has 2 aromatic rings. The monoisotopic (exact) mass is 333 g/mol. The molecule has 0 saturated carbocycles. The number of rotatable bonds is 4. The van der Waals surface area contributed by atoms with Crippen LogP contribution in [0.2, 0.25) is 0 Å². The molecule has 1 aromatic carbocycles. The van der Waals surface area contributed by atoms with Crippen LogP contribution in [0.5, 0.6) is 5.75 Å². The van der Waals surface area contributed by atoms with Crippen molar-refractivity contribution < 1.29 is 18.7 Å². The average molecular weight is 333 g/mol. The van der Waals surface area contributed by atoms with Crippen molar-refractivity contribution in [2.75, 3.05) is 6.61 Å². The highest BCUT2D eigenvalue weighted by Crippen LogP contribution is 2.10. The lowest BCUT2D eigenvalue weighted by Crippen LogP contribution is -2.49. The van der Waals surface area contributed by atoms with Gasteiger partial charge in [-0.15, -0.1) is 0 Å². The summed E-state index contributed by atoms with van der Waals surface area (Å²) >= 11 is 4.87. The molecule has 2 rings (SSSR count). The molecule has 2 amide bonds. The second-order valence-corrected chi connectivity index (χ2v) is 4.94. The Morgan fingerprint density at radius 3 is 2.57 bits per heavy atom. The number of hydrazine groups is 1. The van der Waals surface area contributed by atoms with Crippen LogP contribution in [0.1, 0.15) is 16.1 Å². The number of hydrogen-bond donors (Lipinski definition) is 3. The van der Waals surface area contributed by atoms with Crippen molar-refractivity contribution in [1.29, 1.82) is 0 Å². The number of carbonyl (C=O) groups is 2. The Morgan fingerprint density at radius 1 is 1.17 bits per heavy atom. The molecule has 0 bridgehead atoms. The summed E-state index contributed by atoms with van der Waals surface area (Å²) in [7, 11) is 0. The van der Waals surface area contributed by atoms with Gasteiger partial charge in [-0.25, -0.2) is 0 Å². The molecule has 8 heteroatoms. The van der Waals surface area contributed by atoms with E-state index >= 15 is 0 Å². The van der Waals surface area contributed by atoms with E-state index in [-0.39, 0.29) is 17.5 Å². The van der Waals surface area contributed by atoms with Crippen molar-refractivity contribution in [3.63, 3.8) is 0 Å². The van der Waals surface area contributed by atoms with Gasteiger partial charge < -0.3 is 9.15 Å². The number of ether oxygens (including phenoxy) is 1. The molecule has 0 fully saturated rings. The maximum Gasteiger partial charge on any atom is 0.293 e. The van der Waals surface area contributed by atoms with Gasteiger partial charge in [-0.3, -0.25) is 25.8 Å². The molecule has 0 unspecified atom stereocenters. The van der Waals surface area contributed by atoms with Crippen molar-refractivity contribution in [3.05, 3.63) is 54.0 Å². The summed E-state index contributed by atoms with van der Waals surface area (Å²) in [6, 6.07) is 10.4. The van der Waals surface area contributed by atoms with Crippen molar-refractivity contribution in [1.82, 2.24) is 16.2 Å². The number of amides is 2. The Morgan fingerprint density at radius 2 is 1.91 bits per heavy atom. The van der Waals surface area contributed by atoms with E-state index in [1.54, 1.807) is 18.2 Å². The Labute approximate surface area is 138 Å². The van der Waals surface area contributed by atoms with Crippen LogP contribution in [0.15, 0.2) is 47.1 Å². The van der Waals surface area contributed by atoms with Crippen LogP contribution in [0, 0.1) is 6.92 Å². The number of nitrogens with one attached hydrogen (secondary N) is 3. The average Bonchev–Trinajstić information content (AvgIpc) is 3.07. The largest absolute Gasteiger partial charge is 0.484 e. The van der Waals surface area contributed by atoms with Crippen LogP contribution in [-0.2, 0) is 4.79 Å². The fraction of sp³-hybridized carbons (Fsp3) is 0.133. The Bertz CT molecular complexity index is 683. The molecule has 3 N–H and O–H groups in total. The quantitative estimate of drug-likeness (QED) is 0.577. The maximum atomic E-state index is 11.6. The number of benzene rings is 1. The van der Waals surface area contributed by atoms with Gasteiger partial charge in [-0.2, -0.15) is 0 Å². The first-order chi connectivity index (χ1) is 11.0. The van der Waals surface area contributed by atoms with Crippen LogP contribution in [0.3, 0.4) is 0 Å². The molecule has 0 saturated heterocycles. The predicted octanol–water partition coefficient (Wildman–Crippen LogP) is 1.30. The van der Waals surface area contributed by atoms with E-state index in [2.05, 4.69) is 16.2 Å². The zero-order chi connectivity index (χ0) is 16.7. The molecule has 0 aliphatic carbocycles. The van der Waals surface area contributed by atoms with E-state index in [0.717, 1.165) is 5.56 Å². The van der Waals surface area contributed by atoms with Crippen LogP contribution in [0.4, 0.5) is 0 Å². The molecule has 7 nitrogen and oxygen atoms in total. The molecule has 1 heterocycles. The lowest BCUT2D eigenvalue weighted by molar-refractivity contribution is -0.123. The van der Waals surface area contributed by atoms with Gasteiger partial charge in [0, 0.05) is 0 Å². The van der Waals surface area contributed by atoms with Gasteiger partial charge >= 0.3 is 0 Å². The third-order valence-electron chi connectivity index (χ3n) is 2.68. The first-order valence-corrected chi connectivity index (χ1v) is 7.08. The van der Waals surface area contributed by atoms with Crippen molar-refractivity contribution in [2.24, 2.45) is 0 Å². The summed E-state index contributed by atoms with van der Waals surface area (Å²) in [6.07, 6.45) is 1.37. The molecule has 0 aliphatic rings. The van der Waals surface area contributed by atoms with E-state index in [1.165, 1.54) is 12.3 Å². The number of thiocarbonyl (C=S) groups is 1. The molecular weight excluding hydrogens is 318 g/mol. The molecule has 0 aliphatic heterocycles. The highest BCUT2D eigenvalue weighted by molar-refractivity contribution is 7.80. The molecular formula is C15H15N3O4S. The third kappa shape index (κ3) is 5.44. The fourth-order valence-corrected chi connectivity index (χ4v) is 1.69. The molecule has 0 spiro atoms. The Hall–Kier alpha value is -2.87. The lowest BCUT2D eigenvalue weighted by atomic mass is 10.2. The number of hydrogen-bond acceptors (Lipinski definition) is 5. The van der Waals surface area contributed by atoms with Gasteiger partial charge in [-0.1, -0.05) is 17.7 Å². The van der Waals surface area contributed by atoms with Crippen molar-refractivity contribution >= 4 is 29.1 Å². The minimum atomic E-state index is -0.516. The Kier molecular flexibility index (Phi) is 5.70. The first-order valence-electron chi connectivity index (χ1n) is 6.68. The highest BCUT2D eigenvalue weighted by Gasteiger charge is 2.10. The molecule has 23 heavy (non-hydrogen) atoms. The zero-order valence-electron chi connectivity index (χ0n) is 12.3. The van der Waals surface area contributed by atoms with E-state index in [1.807, 2.05) is 19.1 Å². The van der Waals surface area contributed by atoms with Gasteiger partial charge in [0.15, 0.2) is 17.5 Å². The second kappa shape index (κ2) is 7.95. The van der Waals surface area contributed by atoms with Crippen molar-refractivity contribution in [3.8, 4) is 5.75 Å². The van der Waals surface area contributed by atoms with Gasteiger partial charge in [0.25, 0.3) is 11.8 Å². The minimum Gasteiger partial charge on any atom is -0.484 e. The normalized spacial score (nSPS) is 9.78. The highest BCUT2D eigenvalue weighted by atomic mass is 32.1. The predicted molar refractivity (Wildman–Crippen MR) is 86.7 cm³/mol. The lowest BCUT2D eigenvalue weighted by Gasteiger charge is -2.10. The van der Waals surface area contributed by atoms with Gasteiger partial charge in [0.1, 0.15) is 5.75 Å². The van der Waals surface area contributed by atoms with E-state index in [4.69, 9.17) is 21.4 Å². The smallest absolute Gasteiger partial charge is 0.293 e.